The Kier molecular flexibility index (Phi) is 1.53. The van der Waals surface area contributed by atoms with E-state index in [-0.39, 0.29) is 0 Å². The summed E-state index contributed by atoms with van der Waals surface area (Å²) in [6.45, 7) is 0. The van der Waals surface area contributed by atoms with Crippen LogP contribution in [-0.4, -0.2) is 20.2 Å². The van der Waals surface area contributed by atoms with Gasteiger partial charge in [-0.2, -0.15) is 5.10 Å². The Morgan fingerprint density at radius 2 is 2.20 bits per heavy atom. The predicted octanol–water partition coefficient (Wildman–Crippen LogP) is 1.54. The van der Waals surface area contributed by atoms with Crippen LogP contribution in [0.25, 0.3) is 22.2 Å². The van der Waals surface area contributed by atoms with Crippen LogP contribution in [0, 0.1) is 0 Å². The van der Waals surface area contributed by atoms with Crippen LogP contribution in [0.4, 0.5) is 5.82 Å². The van der Waals surface area contributed by atoms with Crippen LogP contribution in [-0.2, 0) is 0 Å². The molecule has 0 bridgehead atoms. The maximum Gasteiger partial charge on any atom is 0.126 e. The van der Waals surface area contributed by atoms with Crippen LogP contribution in [0.3, 0.4) is 0 Å². The van der Waals surface area contributed by atoms with Crippen molar-refractivity contribution in [3.05, 3.63) is 30.7 Å². The Labute approximate surface area is 85.3 Å². The van der Waals surface area contributed by atoms with Crippen molar-refractivity contribution in [2.24, 2.45) is 0 Å². The van der Waals surface area contributed by atoms with Gasteiger partial charge in [-0.25, -0.2) is 4.98 Å². The van der Waals surface area contributed by atoms with E-state index in [1.807, 2.05) is 18.2 Å². The minimum Gasteiger partial charge on any atom is -0.384 e. The average Bonchev–Trinajstić information content (AvgIpc) is 2.84. The predicted molar refractivity (Wildman–Crippen MR) is 58.1 cm³/mol. The minimum absolute atomic E-state index is 0.578. The average molecular weight is 199 g/mol. The molecule has 0 atom stereocenters. The van der Waals surface area contributed by atoms with Crippen LogP contribution < -0.4 is 5.73 Å². The highest BCUT2D eigenvalue weighted by Crippen LogP contribution is 2.25. The molecule has 2 aromatic heterocycles. The SMILES string of the molecule is Nc1[nH]ncc1-c1ccc2nc[nH]c2c1. The summed E-state index contributed by atoms with van der Waals surface area (Å²) in [6.07, 6.45) is 3.39. The van der Waals surface area contributed by atoms with Gasteiger partial charge < -0.3 is 10.7 Å². The van der Waals surface area contributed by atoms with Gasteiger partial charge in [0, 0.05) is 5.56 Å². The van der Waals surface area contributed by atoms with Gasteiger partial charge in [-0.1, -0.05) is 6.07 Å². The minimum atomic E-state index is 0.578. The summed E-state index contributed by atoms with van der Waals surface area (Å²) in [4.78, 5) is 7.21. The highest BCUT2D eigenvalue weighted by molar-refractivity contribution is 5.84. The number of hydrogen-bond acceptors (Lipinski definition) is 3. The first-order valence-corrected chi connectivity index (χ1v) is 4.57. The Morgan fingerprint density at radius 3 is 3.00 bits per heavy atom. The number of H-pyrrole nitrogens is 2. The lowest BCUT2D eigenvalue weighted by molar-refractivity contribution is 1.10. The van der Waals surface area contributed by atoms with Crippen molar-refractivity contribution in [2.75, 3.05) is 5.73 Å². The number of imidazole rings is 1. The quantitative estimate of drug-likeness (QED) is 0.555. The Morgan fingerprint density at radius 1 is 1.27 bits per heavy atom. The van der Waals surface area contributed by atoms with Crippen LogP contribution in [0.1, 0.15) is 0 Å². The smallest absolute Gasteiger partial charge is 0.126 e. The molecule has 0 aliphatic carbocycles. The summed E-state index contributed by atoms with van der Waals surface area (Å²) in [5, 5.41) is 6.60. The van der Waals surface area contributed by atoms with Gasteiger partial charge in [0.25, 0.3) is 0 Å². The van der Waals surface area contributed by atoms with E-state index in [1.165, 1.54) is 0 Å². The molecule has 0 fully saturated rings. The van der Waals surface area contributed by atoms with Gasteiger partial charge in [-0.15, -0.1) is 0 Å². The standard InChI is InChI=1S/C10H9N5/c11-10-7(4-14-15-10)6-1-2-8-9(3-6)13-5-12-8/h1-5H,(H,12,13)(H3,11,14,15). The van der Waals surface area contributed by atoms with Gasteiger partial charge in [0.2, 0.25) is 0 Å². The van der Waals surface area contributed by atoms with Gasteiger partial charge >= 0.3 is 0 Å². The number of fused-ring (bicyclic) bond motifs is 1. The molecule has 15 heavy (non-hydrogen) atoms. The monoisotopic (exact) mass is 199 g/mol. The summed E-state index contributed by atoms with van der Waals surface area (Å²) in [6, 6.07) is 5.93. The molecule has 1 aromatic carbocycles. The Bertz CT molecular complexity index is 607. The first-order valence-electron chi connectivity index (χ1n) is 4.57. The van der Waals surface area contributed by atoms with E-state index in [2.05, 4.69) is 20.2 Å². The molecule has 4 N–H and O–H groups in total. The molecule has 0 aliphatic heterocycles. The molecule has 5 heteroatoms. The first kappa shape index (κ1) is 8.05. The second-order valence-electron chi connectivity index (χ2n) is 3.33. The van der Waals surface area contributed by atoms with E-state index < -0.39 is 0 Å². The maximum atomic E-state index is 5.75. The zero-order valence-electron chi connectivity index (χ0n) is 7.86. The zero-order chi connectivity index (χ0) is 10.3. The molecule has 0 spiro atoms. The van der Waals surface area contributed by atoms with Crippen molar-refractivity contribution in [1.29, 1.82) is 0 Å². The van der Waals surface area contributed by atoms with E-state index in [0.717, 1.165) is 22.2 Å². The third kappa shape index (κ3) is 1.17. The Balaban J connectivity index is 2.23. The van der Waals surface area contributed by atoms with Crippen LogP contribution in [0.5, 0.6) is 0 Å². The zero-order valence-corrected chi connectivity index (χ0v) is 7.86. The normalized spacial score (nSPS) is 10.9. The van der Waals surface area contributed by atoms with Crippen LogP contribution in [0.15, 0.2) is 30.7 Å². The topological polar surface area (TPSA) is 83.4 Å². The molecular weight excluding hydrogens is 190 g/mol. The fraction of sp³-hybridized carbons (Fsp3) is 0. The lowest BCUT2D eigenvalue weighted by Gasteiger charge is -1.98. The number of nitrogens with two attached hydrogens (primary N) is 1. The van der Waals surface area contributed by atoms with Gasteiger partial charge in [0.05, 0.1) is 23.6 Å². The summed E-state index contributed by atoms with van der Waals surface area (Å²) in [5.74, 6) is 0.578. The third-order valence-electron chi connectivity index (χ3n) is 2.40. The van der Waals surface area contributed by atoms with Gasteiger partial charge in [0.1, 0.15) is 5.82 Å². The van der Waals surface area contributed by atoms with E-state index in [9.17, 15) is 0 Å². The van der Waals surface area contributed by atoms with E-state index in [0.29, 0.717) is 5.82 Å². The first-order chi connectivity index (χ1) is 7.34. The molecule has 0 aliphatic rings. The van der Waals surface area contributed by atoms with Crippen molar-refractivity contribution in [3.8, 4) is 11.1 Å². The summed E-state index contributed by atoms with van der Waals surface area (Å²) >= 11 is 0. The van der Waals surface area contributed by atoms with Crippen molar-refractivity contribution in [1.82, 2.24) is 20.2 Å². The lowest BCUT2D eigenvalue weighted by Crippen LogP contribution is -1.87. The third-order valence-corrected chi connectivity index (χ3v) is 2.40. The lowest BCUT2D eigenvalue weighted by atomic mass is 10.1. The van der Waals surface area contributed by atoms with Crippen LogP contribution in [0.2, 0.25) is 0 Å². The molecular formula is C10H9N5. The van der Waals surface area contributed by atoms with E-state index >= 15 is 0 Å². The van der Waals surface area contributed by atoms with Gasteiger partial charge in [-0.3, -0.25) is 5.10 Å². The molecule has 3 aromatic rings. The fourth-order valence-electron chi connectivity index (χ4n) is 1.63. The van der Waals surface area contributed by atoms with Crippen molar-refractivity contribution >= 4 is 16.9 Å². The van der Waals surface area contributed by atoms with E-state index in [4.69, 9.17) is 5.73 Å². The van der Waals surface area contributed by atoms with Crippen molar-refractivity contribution in [3.63, 3.8) is 0 Å². The maximum absolute atomic E-state index is 5.75. The number of hydrogen-bond donors (Lipinski definition) is 3. The molecule has 2 heterocycles. The second kappa shape index (κ2) is 2.84. The Hall–Kier alpha value is -2.30. The summed E-state index contributed by atoms with van der Waals surface area (Å²) in [7, 11) is 0. The number of rotatable bonds is 1. The molecule has 0 saturated carbocycles. The molecule has 0 radical (unpaired) electrons. The van der Waals surface area contributed by atoms with Crippen molar-refractivity contribution < 1.29 is 0 Å². The number of nitrogens with zero attached hydrogens (tertiary/aromatic N) is 2. The number of aromatic nitrogens is 4. The number of benzene rings is 1. The molecule has 74 valence electrons. The summed E-state index contributed by atoms with van der Waals surface area (Å²) < 4.78 is 0. The molecule has 5 nitrogen and oxygen atoms in total. The van der Waals surface area contributed by atoms with Gasteiger partial charge in [-0.05, 0) is 17.7 Å². The number of nitrogens with one attached hydrogen (secondary N) is 2. The van der Waals surface area contributed by atoms with Crippen LogP contribution >= 0.6 is 0 Å². The number of anilines is 1. The molecule has 3 rings (SSSR count). The molecule has 0 unspecified atom stereocenters. The second-order valence-corrected chi connectivity index (χ2v) is 3.33. The largest absolute Gasteiger partial charge is 0.384 e. The highest BCUT2D eigenvalue weighted by Gasteiger charge is 2.05. The molecule has 0 saturated heterocycles. The number of nitrogen functional groups attached to an aromatic ring is 1. The van der Waals surface area contributed by atoms with E-state index in [1.54, 1.807) is 12.5 Å². The van der Waals surface area contributed by atoms with Crippen molar-refractivity contribution in [2.45, 2.75) is 0 Å². The highest BCUT2D eigenvalue weighted by atomic mass is 15.1. The molecule has 0 amide bonds. The number of aromatic amines is 2. The fourth-order valence-corrected chi connectivity index (χ4v) is 1.63. The van der Waals surface area contributed by atoms with Gasteiger partial charge in [0.15, 0.2) is 0 Å². The summed E-state index contributed by atoms with van der Waals surface area (Å²) in [5.41, 5.74) is 9.62.